The van der Waals surface area contributed by atoms with Gasteiger partial charge in [0.2, 0.25) is 5.95 Å². The molecule has 13 heteroatoms. The molecule has 11 nitrogen and oxygen atoms in total. The number of halogens is 2. The minimum absolute atomic E-state index is 0.0477. The standard InChI is InChI=1S/C32H36F2N6O5/c1-20(2)13-29(42)44-19-28(41)39-12-11-38(17-21(39)3)32-35-15-24(16-36-32)22-9-10-25-26(14-22)40(37(4)30(25)43)18-23-7-5-6-8-27(23)45-31(33)34/h5-10,14-16,20-21,31H,11-13,17-19H2,1-4H3/t21-/m1/s1. The molecule has 2 aromatic heterocycles. The minimum atomic E-state index is -2.97. The third-order valence-electron chi connectivity index (χ3n) is 7.80. The van der Waals surface area contributed by atoms with Crippen LogP contribution in [0, 0.1) is 5.92 Å². The number of esters is 1. The fourth-order valence-electron chi connectivity index (χ4n) is 5.51. The SMILES string of the molecule is CC(C)CC(=O)OCC(=O)N1CCN(c2ncc(-c3ccc4c(=O)n(C)n(Cc5ccccc5OC(F)F)c4c3)cn2)C[C@H]1C. The first-order valence-electron chi connectivity index (χ1n) is 14.8. The molecule has 0 aliphatic carbocycles. The van der Waals surface area contributed by atoms with Crippen LogP contribution < -0.4 is 15.2 Å². The topological polar surface area (TPSA) is 112 Å². The van der Waals surface area contributed by atoms with Gasteiger partial charge in [0.05, 0.1) is 17.4 Å². The van der Waals surface area contributed by atoms with E-state index < -0.39 is 6.61 Å². The van der Waals surface area contributed by atoms with Crippen LogP contribution in [0.4, 0.5) is 14.7 Å². The van der Waals surface area contributed by atoms with Crippen LogP contribution in [-0.2, 0) is 27.9 Å². The third-order valence-corrected chi connectivity index (χ3v) is 7.80. The van der Waals surface area contributed by atoms with Crippen LogP contribution in [-0.4, -0.2) is 75.0 Å². The molecule has 1 aliphatic rings. The number of fused-ring (bicyclic) bond motifs is 1. The van der Waals surface area contributed by atoms with Gasteiger partial charge in [-0.1, -0.05) is 38.1 Å². The predicted molar refractivity (Wildman–Crippen MR) is 164 cm³/mol. The molecule has 5 rings (SSSR count). The van der Waals surface area contributed by atoms with Gasteiger partial charge in [0, 0.05) is 62.7 Å². The number of ether oxygens (including phenoxy) is 2. The number of hydrogen-bond acceptors (Lipinski definition) is 8. The van der Waals surface area contributed by atoms with Crippen LogP contribution in [0.15, 0.2) is 59.7 Å². The van der Waals surface area contributed by atoms with E-state index in [0.717, 1.165) is 11.1 Å². The van der Waals surface area contributed by atoms with E-state index >= 15 is 0 Å². The van der Waals surface area contributed by atoms with Crippen LogP contribution in [0.1, 0.15) is 32.8 Å². The molecule has 4 aromatic rings. The van der Waals surface area contributed by atoms with Gasteiger partial charge in [0.25, 0.3) is 11.5 Å². The summed E-state index contributed by atoms with van der Waals surface area (Å²) in [5, 5.41) is 0.488. The molecule has 0 unspecified atom stereocenters. The zero-order valence-corrected chi connectivity index (χ0v) is 25.7. The molecular weight excluding hydrogens is 586 g/mol. The van der Waals surface area contributed by atoms with Gasteiger partial charge in [-0.25, -0.2) is 9.97 Å². The summed E-state index contributed by atoms with van der Waals surface area (Å²) in [6.45, 7) is 4.16. The van der Waals surface area contributed by atoms with Gasteiger partial charge in [-0.05, 0) is 36.6 Å². The lowest BCUT2D eigenvalue weighted by atomic mass is 10.1. The van der Waals surface area contributed by atoms with Gasteiger partial charge in [0.15, 0.2) is 6.61 Å². The number of carbonyl (C=O) groups excluding carboxylic acids is 2. The summed E-state index contributed by atoms with van der Waals surface area (Å²) in [5.74, 6) is 0.129. The maximum atomic E-state index is 13.0. The molecule has 3 heterocycles. The van der Waals surface area contributed by atoms with Crippen molar-refractivity contribution in [1.29, 1.82) is 0 Å². The van der Waals surface area contributed by atoms with Crippen molar-refractivity contribution in [3.05, 3.63) is 70.8 Å². The van der Waals surface area contributed by atoms with Crippen molar-refractivity contribution < 1.29 is 27.8 Å². The number of hydrogen-bond donors (Lipinski definition) is 0. The van der Waals surface area contributed by atoms with Gasteiger partial charge < -0.3 is 19.3 Å². The molecule has 1 fully saturated rings. The second-order valence-electron chi connectivity index (χ2n) is 11.5. The van der Waals surface area contributed by atoms with Gasteiger partial charge in [-0.2, -0.15) is 8.78 Å². The Morgan fingerprint density at radius 2 is 1.78 bits per heavy atom. The predicted octanol–water partition coefficient (Wildman–Crippen LogP) is 4.07. The first kappa shape index (κ1) is 31.6. The molecule has 238 valence electrons. The quantitative estimate of drug-likeness (QED) is 0.244. The Balaban J connectivity index is 1.30. The van der Waals surface area contributed by atoms with Crippen LogP contribution >= 0.6 is 0 Å². The summed E-state index contributed by atoms with van der Waals surface area (Å²) < 4.78 is 39.0. The molecule has 1 saturated heterocycles. The highest BCUT2D eigenvalue weighted by Crippen LogP contribution is 2.27. The molecule has 0 saturated carbocycles. The molecule has 1 atom stereocenters. The number of nitrogens with zero attached hydrogens (tertiary/aromatic N) is 6. The van der Waals surface area contributed by atoms with E-state index in [1.165, 1.54) is 10.7 Å². The van der Waals surface area contributed by atoms with E-state index in [9.17, 15) is 23.2 Å². The molecule has 0 spiro atoms. The fraction of sp³-hybridized carbons (Fsp3) is 0.406. The summed E-state index contributed by atoms with van der Waals surface area (Å²) in [6.07, 6.45) is 3.68. The number of amides is 1. The molecule has 2 aromatic carbocycles. The number of rotatable bonds is 10. The van der Waals surface area contributed by atoms with E-state index in [2.05, 4.69) is 9.97 Å². The number of benzene rings is 2. The van der Waals surface area contributed by atoms with Crippen molar-refractivity contribution in [2.75, 3.05) is 31.1 Å². The summed E-state index contributed by atoms with van der Waals surface area (Å²) >= 11 is 0. The van der Waals surface area contributed by atoms with E-state index in [1.807, 2.05) is 37.8 Å². The zero-order chi connectivity index (χ0) is 32.2. The average molecular weight is 623 g/mol. The number of para-hydroxylation sites is 1. The van der Waals surface area contributed by atoms with Gasteiger partial charge in [-0.3, -0.25) is 23.7 Å². The second kappa shape index (κ2) is 13.4. The van der Waals surface area contributed by atoms with Crippen molar-refractivity contribution >= 4 is 28.7 Å². The number of anilines is 1. The Kier molecular flexibility index (Phi) is 9.45. The molecule has 1 amide bonds. The lowest BCUT2D eigenvalue weighted by Crippen LogP contribution is -2.55. The smallest absolute Gasteiger partial charge is 0.387 e. The first-order chi connectivity index (χ1) is 21.5. The highest BCUT2D eigenvalue weighted by atomic mass is 19.3. The summed E-state index contributed by atoms with van der Waals surface area (Å²) in [7, 11) is 1.63. The number of aromatic nitrogens is 4. The lowest BCUT2D eigenvalue weighted by Gasteiger charge is -2.39. The number of carbonyl (C=O) groups is 2. The monoisotopic (exact) mass is 622 g/mol. The van der Waals surface area contributed by atoms with E-state index in [-0.39, 0.29) is 54.7 Å². The maximum Gasteiger partial charge on any atom is 0.387 e. The van der Waals surface area contributed by atoms with Crippen molar-refractivity contribution in [3.63, 3.8) is 0 Å². The fourth-order valence-corrected chi connectivity index (χ4v) is 5.51. The van der Waals surface area contributed by atoms with Gasteiger partial charge in [0.1, 0.15) is 5.75 Å². The molecule has 0 N–H and O–H groups in total. The highest BCUT2D eigenvalue weighted by Gasteiger charge is 2.29. The van der Waals surface area contributed by atoms with Crippen LogP contribution in [0.3, 0.4) is 0 Å². The van der Waals surface area contributed by atoms with Crippen molar-refractivity contribution in [2.24, 2.45) is 13.0 Å². The number of alkyl halides is 2. The Hall–Kier alpha value is -4.81. The van der Waals surface area contributed by atoms with E-state index in [0.29, 0.717) is 42.0 Å². The summed E-state index contributed by atoms with van der Waals surface area (Å²) in [6, 6.07) is 11.8. The summed E-state index contributed by atoms with van der Waals surface area (Å²) in [4.78, 5) is 50.4. The van der Waals surface area contributed by atoms with Crippen LogP contribution in [0.2, 0.25) is 0 Å². The molecular formula is C32H36F2N6O5. The van der Waals surface area contributed by atoms with E-state index in [1.54, 1.807) is 53.3 Å². The minimum Gasteiger partial charge on any atom is -0.456 e. The Morgan fingerprint density at radius 3 is 2.47 bits per heavy atom. The molecule has 45 heavy (non-hydrogen) atoms. The van der Waals surface area contributed by atoms with E-state index in [4.69, 9.17) is 9.47 Å². The second-order valence-corrected chi connectivity index (χ2v) is 11.5. The summed E-state index contributed by atoms with van der Waals surface area (Å²) in [5.41, 5.74) is 2.43. The normalized spacial score (nSPS) is 15.2. The Morgan fingerprint density at radius 1 is 1.04 bits per heavy atom. The number of piperazine rings is 1. The van der Waals surface area contributed by atoms with Crippen molar-refractivity contribution in [1.82, 2.24) is 24.2 Å². The van der Waals surface area contributed by atoms with Crippen molar-refractivity contribution in [2.45, 2.75) is 46.4 Å². The Labute approximate surface area is 259 Å². The molecule has 1 aliphatic heterocycles. The van der Waals surface area contributed by atoms with Crippen molar-refractivity contribution in [3.8, 4) is 16.9 Å². The maximum absolute atomic E-state index is 13.0. The third kappa shape index (κ3) is 7.13. The average Bonchev–Trinajstić information content (AvgIpc) is 3.24. The Bertz CT molecular complexity index is 1740. The lowest BCUT2D eigenvalue weighted by molar-refractivity contribution is -0.153. The van der Waals surface area contributed by atoms with Crippen LogP contribution in [0.5, 0.6) is 5.75 Å². The first-order valence-corrected chi connectivity index (χ1v) is 14.8. The van der Waals surface area contributed by atoms with Gasteiger partial charge >= 0.3 is 12.6 Å². The molecule has 0 bridgehead atoms. The van der Waals surface area contributed by atoms with Crippen LogP contribution in [0.25, 0.3) is 22.0 Å². The molecule has 0 radical (unpaired) electrons. The largest absolute Gasteiger partial charge is 0.456 e. The highest BCUT2D eigenvalue weighted by molar-refractivity contribution is 5.84. The van der Waals surface area contributed by atoms with Gasteiger partial charge in [-0.15, -0.1) is 0 Å². The zero-order valence-electron chi connectivity index (χ0n) is 25.7.